The lowest BCUT2D eigenvalue weighted by Gasteiger charge is -2.13. The average molecular weight is 156 g/mol. The molecule has 0 aromatic rings. The highest BCUT2D eigenvalue weighted by atomic mass is 16.5. The normalized spacial score (nSPS) is 30.3. The molecular formula is C7H8O4. The molecule has 0 spiro atoms. The molecule has 1 saturated heterocycles. The van der Waals surface area contributed by atoms with Crippen LogP contribution < -0.4 is 0 Å². The zero-order chi connectivity index (χ0) is 8.65. The summed E-state index contributed by atoms with van der Waals surface area (Å²) in [6, 6.07) is 0. The number of hydrogen-bond acceptors (Lipinski definition) is 3. The minimum Gasteiger partial charge on any atom is -0.480 e. The van der Waals surface area contributed by atoms with E-state index in [4.69, 9.17) is 5.11 Å². The zero-order valence-corrected chi connectivity index (χ0v) is 6.09. The van der Waals surface area contributed by atoms with Crippen LogP contribution in [0.25, 0.3) is 0 Å². The van der Waals surface area contributed by atoms with Gasteiger partial charge in [-0.1, -0.05) is 6.58 Å². The smallest absolute Gasteiger partial charge is 0.334 e. The number of carboxylic acid groups (broad SMARTS) is 1. The Morgan fingerprint density at radius 3 is 2.55 bits per heavy atom. The van der Waals surface area contributed by atoms with E-state index >= 15 is 0 Å². The number of carbonyl (C=O) groups excluding carboxylic acids is 1. The molecule has 1 atom stereocenters. The van der Waals surface area contributed by atoms with Gasteiger partial charge in [0.15, 0.2) is 0 Å². The van der Waals surface area contributed by atoms with E-state index in [-0.39, 0.29) is 12.2 Å². The van der Waals surface area contributed by atoms with Crippen LogP contribution in [0.15, 0.2) is 12.2 Å². The minimum absolute atomic E-state index is 0.0185. The molecule has 1 aliphatic rings. The highest BCUT2D eigenvalue weighted by Crippen LogP contribution is 2.33. The van der Waals surface area contributed by atoms with Gasteiger partial charge >= 0.3 is 11.9 Å². The summed E-state index contributed by atoms with van der Waals surface area (Å²) >= 11 is 0. The molecule has 0 aromatic heterocycles. The van der Waals surface area contributed by atoms with E-state index in [1.165, 1.54) is 6.92 Å². The van der Waals surface area contributed by atoms with Crippen LogP contribution in [0.3, 0.4) is 0 Å². The highest BCUT2D eigenvalue weighted by molar-refractivity contribution is 5.99. The number of hydrogen-bond donors (Lipinski definition) is 1. The molecule has 0 aliphatic carbocycles. The van der Waals surface area contributed by atoms with Crippen molar-refractivity contribution in [2.45, 2.75) is 6.92 Å². The number of carbonyl (C=O) groups is 2. The molecule has 1 heterocycles. The number of cyclic esters (lactones) is 1. The monoisotopic (exact) mass is 156 g/mol. The Morgan fingerprint density at radius 2 is 2.36 bits per heavy atom. The van der Waals surface area contributed by atoms with Gasteiger partial charge in [-0.25, -0.2) is 4.79 Å². The second-order valence-electron chi connectivity index (χ2n) is 2.69. The molecule has 60 valence electrons. The van der Waals surface area contributed by atoms with Gasteiger partial charge in [0.1, 0.15) is 12.0 Å². The van der Waals surface area contributed by atoms with Gasteiger partial charge in [0.05, 0.1) is 5.57 Å². The van der Waals surface area contributed by atoms with E-state index in [1.807, 2.05) is 0 Å². The molecule has 0 saturated carbocycles. The second-order valence-corrected chi connectivity index (χ2v) is 2.69. The van der Waals surface area contributed by atoms with Gasteiger partial charge in [-0.05, 0) is 6.92 Å². The van der Waals surface area contributed by atoms with Gasteiger partial charge in [-0.3, -0.25) is 4.79 Å². The van der Waals surface area contributed by atoms with Crippen molar-refractivity contribution in [1.82, 2.24) is 0 Å². The first-order valence-corrected chi connectivity index (χ1v) is 3.08. The number of aliphatic carboxylic acids is 1. The van der Waals surface area contributed by atoms with Crippen LogP contribution >= 0.6 is 0 Å². The van der Waals surface area contributed by atoms with Gasteiger partial charge in [-0.15, -0.1) is 0 Å². The van der Waals surface area contributed by atoms with E-state index in [9.17, 15) is 9.59 Å². The summed E-state index contributed by atoms with van der Waals surface area (Å²) in [7, 11) is 0. The zero-order valence-electron chi connectivity index (χ0n) is 6.09. The summed E-state index contributed by atoms with van der Waals surface area (Å²) in [5.41, 5.74) is -1.21. The lowest BCUT2D eigenvalue weighted by atomic mass is 9.86. The van der Waals surface area contributed by atoms with Crippen LogP contribution in [0, 0.1) is 5.41 Å². The molecule has 0 amide bonds. The van der Waals surface area contributed by atoms with Crippen molar-refractivity contribution in [3.8, 4) is 0 Å². The van der Waals surface area contributed by atoms with E-state index in [1.54, 1.807) is 0 Å². The Hall–Kier alpha value is -1.32. The number of rotatable bonds is 1. The fourth-order valence-corrected chi connectivity index (χ4v) is 0.800. The summed E-state index contributed by atoms with van der Waals surface area (Å²) in [5.74, 6) is -1.69. The lowest BCUT2D eigenvalue weighted by molar-refractivity contribution is -0.146. The highest BCUT2D eigenvalue weighted by Gasteiger charge is 2.46. The van der Waals surface area contributed by atoms with Crippen molar-refractivity contribution in [2.24, 2.45) is 5.41 Å². The molecule has 1 fully saturated rings. The summed E-state index contributed by atoms with van der Waals surface area (Å²) in [6.07, 6.45) is 0. The van der Waals surface area contributed by atoms with Crippen LogP contribution in [0.5, 0.6) is 0 Å². The molecule has 4 nitrogen and oxygen atoms in total. The fourth-order valence-electron chi connectivity index (χ4n) is 0.800. The standard InChI is InChI=1S/C7H8O4/c1-4-5(8)11-3-7(4,2)6(9)10/h1,3H2,2H3,(H,9,10). The van der Waals surface area contributed by atoms with E-state index < -0.39 is 17.4 Å². The third-order valence-corrected chi connectivity index (χ3v) is 1.88. The third kappa shape index (κ3) is 0.906. The summed E-state index contributed by atoms with van der Waals surface area (Å²) in [5, 5.41) is 8.67. The lowest BCUT2D eigenvalue weighted by Crippen LogP contribution is -2.29. The quantitative estimate of drug-likeness (QED) is 0.434. The second kappa shape index (κ2) is 2.08. The molecule has 1 N–H and O–H groups in total. The van der Waals surface area contributed by atoms with Crippen molar-refractivity contribution in [2.75, 3.05) is 6.61 Å². The van der Waals surface area contributed by atoms with Gasteiger partial charge in [0, 0.05) is 0 Å². The number of carboxylic acids is 1. The Morgan fingerprint density at radius 1 is 1.82 bits per heavy atom. The predicted molar refractivity (Wildman–Crippen MR) is 35.8 cm³/mol. The number of esters is 1. The molecule has 4 heteroatoms. The Labute approximate surface area is 63.5 Å². The van der Waals surface area contributed by atoms with Crippen molar-refractivity contribution in [3.05, 3.63) is 12.2 Å². The Balaban J connectivity index is 2.99. The van der Waals surface area contributed by atoms with E-state index in [2.05, 4.69) is 11.3 Å². The van der Waals surface area contributed by atoms with Crippen molar-refractivity contribution in [1.29, 1.82) is 0 Å². The first kappa shape index (κ1) is 7.78. The summed E-state index contributed by atoms with van der Waals surface area (Å²) in [4.78, 5) is 21.3. The van der Waals surface area contributed by atoms with Crippen LogP contribution in [0.1, 0.15) is 6.92 Å². The maximum atomic E-state index is 10.7. The van der Waals surface area contributed by atoms with Gasteiger partial charge < -0.3 is 9.84 Å². The van der Waals surface area contributed by atoms with Crippen LogP contribution in [-0.2, 0) is 14.3 Å². The molecule has 0 aromatic carbocycles. The van der Waals surface area contributed by atoms with E-state index in [0.717, 1.165) is 0 Å². The first-order chi connectivity index (χ1) is 4.98. The molecule has 1 unspecified atom stereocenters. The van der Waals surface area contributed by atoms with Crippen LogP contribution in [0.4, 0.5) is 0 Å². The average Bonchev–Trinajstić information content (AvgIpc) is 2.18. The van der Waals surface area contributed by atoms with E-state index in [0.29, 0.717) is 0 Å². The SMILES string of the molecule is C=C1C(=O)OCC1(C)C(=O)O. The Kier molecular flexibility index (Phi) is 1.47. The molecule has 0 radical (unpaired) electrons. The maximum Gasteiger partial charge on any atom is 0.334 e. The van der Waals surface area contributed by atoms with Gasteiger partial charge in [0.25, 0.3) is 0 Å². The molecule has 1 rings (SSSR count). The fraction of sp³-hybridized carbons (Fsp3) is 0.429. The third-order valence-electron chi connectivity index (χ3n) is 1.88. The van der Waals surface area contributed by atoms with Crippen molar-refractivity contribution < 1.29 is 19.4 Å². The molecule has 0 bridgehead atoms. The van der Waals surface area contributed by atoms with Crippen molar-refractivity contribution >= 4 is 11.9 Å². The summed E-state index contributed by atoms with van der Waals surface area (Å²) < 4.78 is 4.52. The Bertz CT molecular complexity index is 243. The topological polar surface area (TPSA) is 63.6 Å². The van der Waals surface area contributed by atoms with Crippen molar-refractivity contribution in [3.63, 3.8) is 0 Å². The largest absolute Gasteiger partial charge is 0.480 e. The summed E-state index contributed by atoms with van der Waals surface area (Å²) in [6.45, 7) is 4.66. The predicted octanol–water partition coefficient (Wildman–Crippen LogP) is 0.190. The molecule has 1 aliphatic heterocycles. The molecular weight excluding hydrogens is 148 g/mol. The minimum atomic E-state index is -1.23. The first-order valence-electron chi connectivity index (χ1n) is 3.08. The molecule has 11 heavy (non-hydrogen) atoms. The number of ether oxygens (including phenoxy) is 1. The van der Waals surface area contributed by atoms with Gasteiger partial charge in [0.2, 0.25) is 0 Å². The van der Waals surface area contributed by atoms with Crippen LogP contribution in [-0.4, -0.2) is 23.7 Å². The van der Waals surface area contributed by atoms with Gasteiger partial charge in [-0.2, -0.15) is 0 Å². The maximum absolute atomic E-state index is 10.7. The van der Waals surface area contributed by atoms with Crippen LogP contribution in [0.2, 0.25) is 0 Å².